The maximum Gasteiger partial charge on any atom is 0.417 e. The first kappa shape index (κ1) is 20.9. The minimum atomic E-state index is -4.53. The van der Waals surface area contributed by atoms with Gasteiger partial charge in [-0.05, 0) is 43.7 Å². The third-order valence-electron chi connectivity index (χ3n) is 5.54. The van der Waals surface area contributed by atoms with Gasteiger partial charge in [0.2, 0.25) is 0 Å². The predicted molar refractivity (Wildman–Crippen MR) is 117 cm³/mol. The Bertz CT molecular complexity index is 1360. The summed E-state index contributed by atoms with van der Waals surface area (Å²) in [5.41, 5.74) is 0.383. The molecule has 1 fully saturated rings. The van der Waals surface area contributed by atoms with E-state index in [9.17, 15) is 18.0 Å². The molecule has 1 aliphatic rings. The fourth-order valence-corrected chi connectivity index (χ4v) is 3.73. The second-order valence-corrected chi connectivity index (χ2v) is 7.75. The summed E-state index contributed by atoms with van der Waals surface area (Å²) < 4.78 is 41.8. The Morgan fingerprint density at radius 3 is 2.52 bits per heavy atom. The predicted octanol–water partition coefficient (Wildman–Crippen LogP) is 4.58. The van der Waals surface area contributed by atoms with Crippen LogP contribution in [0.15, 0.2) is 54.6 Å². The van der Waals surface area contributed by atoms with Gasteiger partial charge in [0.1, 0.15) is 11.5 Å². The van der Waals surface area contributed by atoms with Gasteiger partial charge >= 0.3 is 6.18 Å². The van der Waals surface area contributed by atoms with Crippen molar-refractivity contribution in [2.45, 2.75) is 19.5 Å². The summed E-state index contributed by atoms with van der Waals surface area (Å²) in [6.07, 6.45) is -3.44. The van der Waals surface area contributed by atoms with Crippen molar-refractivity contribution in [3.05, 3.63) is 71.5 Å². The van der Waals surface area contributed by atoms with Gasteiger partial charge in [0.05, 0.1) is 17.0 Å². The first-order valence-electron chi connectivity index (χ1n) is 10.4. The summed E-state index contributed by atoms with van der Waals surface area (Å²) in [6.45, 7) is 3.49. The van der Waals surface area contributed by atoms with E-state index in [1.807, 2.05) is 6.07 Å². The fraction of sp³-hybridized carbons (Fsp3) is 0.217. The Labute approximate surface area is 186 Å². The minimum Gasteiger partial charge on any atom is -0.356 e. The van der Waals surface area contributed by atoms with Gasteiger partial charge in [-0.25, -0.2) is 9.97 Å². The number of nitrogens with zero attached hydrogens (tertiary/aromatic N) is 5. The van der Waals surface area contributed by atoms with Gasteiger partial charge in [-0.15, -0.1) is 0 Å². The quantitative estimate of drug-likeness (QED) is 0.491. The Balaban J connectivity index is 1.51. The van der Waals surface area contributed by atoms with E-state index in [0.29, 0.717) is 11.3 Å². The van der Waals surface area contributed by atoms with E-state index in [-0.39, 0.29) is 22.8 Å². The van der Waals surface area contributed by atoms with Crippen LogP contribution in [0.25, 0.3) is 16.9 Å². The Kier molecular flexibility index (Phi) is 4.99. The molecule has 4 aromatic rings. The van der Waals surface area contributed by atoms with Crippen LogP contribution >= 0.6 is 0 Å². The molecule has 1 amide bonds. The second kappa shape index (κ2) is 7.88. The van der Waals surface area contributed by atoms with Crippen molar-refractivity contribution in [2.24, 2.45) is 0 Å². The van der Waals surface area contributed by atoms with Gasteiger partial charge in [0.15, 0.2) is 11.5 Å². The number of alkyl halides is 3. The number of aromatic nitrogens is 4. The topological polar surface area (TPSA) is 75.4 Å². The highest BCUT2D eigenvalue weighted by Gasteiger charge is 2.33. The van der Waals surface area contributed by atoms with Crippen LogP contribution in [-0.2, 0) is 6.18 Å². The Hall–Kier alpha value is -3.95. The van der Waals surface area contributed by atoms with Gasteiger partial charge in [0, 0.05) is 18.7 Å². The number of anilines is 2. The highest BCUT2D eigenvalue weighted by molar-refractivity contribution is 6.03. The summed E-state index contributed by atoms with van der Waals surface area (Å²) in [4.78, 5) is 23.8. The van der Waals surface area contributed by atoms with Crippen LogP contribution in [0.2, 0.25) is 0 Å². The van der Waals surface area contributed by atoms with Crippen molar-refractivity contribution < 1.29 is 18.0 Å². The number of aryl methyl sites for hydroxylation is 1. The smallest absolute Gasteiger partial charge is 0.356 e. The zero-order valence-corrected chi connectivity index (χ0v) is 17.6. The number of halogens is 3. The van der Waals surface area contributed by atoms with E-state index in [2.05, 4.69) is 25.3 Å². The molecule has 0 radical (unpaired) electrons. The Morgan fingerprint density at radius 2 is 1.79 bits per heavy atom. The maximum atomic E-state index is 13.5. The fourth-order valence-electron chi connectivity index (χ4n) is 3.73. The highest BCUT2D eigenvalue weighted by Crippen LogP contribution is 2.36. The van der Waals surface area contributed by atoms with E-state index in [1.54, 1.807) is 25.1 Å². The molecule has 1 N–H and O–H groups in total. The van der Waals surface area contributed by atoms with Crippen molar-refractivity contribution in [2.75, 3.05) is 23.3 Å². The number of fused-ring (bicyclic) bond motifs is 1. The lowest BCUT2D eigenvalue weighted by molar-refractivity contribution is -0.137. The lowest BCUT2D eigenvalue weighted by Crippen LogP contribution is -2.37. The summed E-state index contributed by atoms with van der Waals surface area (Å²) >= 11 is 0. The summed E-state index contributed by atoms with van der Waals surface area (Å²) in [7, 11) is 0. The van der Waals surface area contributed by atoms with Gasteiger partial charge in [0.25, 0.3) is 5.91 Å². The molecule has 0 unspecified atom stereocenters. The lowest BCUT2D eigenvalue weighted by Gasteiger charge is -2.32. The van der Waals surface area contributed by atoms with Gasteiger partial charge < -0.3 is 10.2 Å². The molecule has 10 heteroatoms. The summed E-state index contributed by atoms with van der Waals surface area (Å²) in [5, 5.41) is 7.14. The van der Waals surface area contributed by atoms with Gasteiger partial charge in [-0.1, -0.05) is 24.3 Å². The molecule has 7 nitrogen and oxygen atoms in total. The molecule has 1 aliphatic heterocycles. The van der Waals surface area contributed by atoms with E-state index in [4.69, 9.17) is 0 Å². The number of imidazole rings is 1. The van der Waals surface area contributed by atoms with Crippen LogP contribution in [0.3, 0.4) is 0 Å². The van der Waals surface area contributed by atoms with Gasteiger partial charge in [-0.2, -0.15) is 22.8 Å². The first-order chi connectivity index (χ1) is 15.8. The van der Waals surface area contributed by atoms with E-state index >= 15 is 0 Å². The molecule has 0 spiro atoms. The molecule has 4 heterocycles. The number of hydrogen-bond acceptors (Lipinski definition) is 5. The van der Waals surface area contributed by atoms with Crippen LogP contribution in [0.4, 0.5) is 24.8 Å². The molecule has 168 valence electrons. The van der Waals surface area contributed by atoms with Crippen molar-refractivity contribution in [3.63, 3.8) is 0 Å². The number of rotatable bonds is 4. The molecule has 0 atom stereocenters. The molecular weight excluding hydrogens is 433 g/mol. The molecule has 1 saturated heterocycles. The van der Waals surface area contributed by atoms with Crippen molar-refractivity contribution >= 4 is 23.2 Å². The molecule has 0 bridgehead atoms. The van der Waals surface area contributed by atoms with Crippen molar-refractivity contribution in [1.82, 2.24) is 19.6 Å². The average molecular weight is 452 g/mol. The molecule has 3 aromatic heterocycles. The van der Waals surface area contributed by atoms with Crippen molar-refractivity contribution in [1.29, 1.82) is 0 Å². The van der Waals surface area contributed by atoms with Crippen LogP contribution in [0, 0.1) is 6.92 Å². The summed E-state index contributed by atoms with van der Waals surface area (Å²) in [6, 6.07) is 13.5. The minimum absolute atomic E-state index is 0.0561. The van der Waals surface area contributed by atoms with Gasteiger partial charge in [-0.3, -0.25) is 4.79 Å². The zero-order chi connectivity index (χ0) is 23.2. The third-order valence-corrected chi connectivity index (χ3v) is 5.54. The molecule has 33 heavy (non-hydrogen) atoms. The molecule has 5 rings (SSSR count). The highest BCUT2D eigenvalue weighted by atomic mass is 19.4. The average Bonchev–Trinajstić information content (AvgIpc) is 3.06. The van der Waals surface area contributed by atoms with E-state index in [1.165, 1.54) is 28.8 Å². The molecular formula is C23H19F3N6O. The number of amides is 1. The standard InChI is InChI=1S/C23H19F3N6O/c1-14-21(29-22(33)18-8-4-9-19(28-18)31-12-5-13-31)32-20(27-14)11-10-17(30-32)15-6-2-3-7-16(15)23(24,25)26/h2-4,6-11H,5,12-13H2,1H3,(H,29,33). The molecule has 1 aromatic carbocycles. The molecule has 0 aliphatic carbocycles. The van der Waals surface area contributed by atoms with Crippen LogP contribution in [0.5, 0.6) is 0 Å². The van der Waals surface area contributed by atoms with Crippen molar-refractivity contribution in [3.8, 4) is 11.3 Å². The van der Waals surface area contributed by atoms with Crippen LogP contribution in [0.1, 0.15) is 28.2 Å². The number of carbonyl (C=O) groups excluding carboxylic acids is 1. The third kappa shape index (κ3) is 3.88. The SMILES string of the molecule is Cc1nc2ccc(-c3ccccc3C(F)(F)F)nn2c1NC(=O)c1cccc(N2CCC2)n1. The number of pyridine rings is 1. The number of nitrogens with one attached hydrogen (secondary N) is 1. The number of hydrogen-bond donors (Lipinski definition) is 1. The normalized spacial score (nSPS) is 13.8. The maximum absolute atomic E-state index is 13.5. The van der Waals surface area contributed by atoms with E-state index < -0.39 is 17.6 Å². The number of benzene rings is 1. The number of carbonyl (C=O) groups is 1. The summed E-state index contributed by atoms with van der Waals surface area (Å²) in [5.74, 6) is 0.551. The second-order valence-electron chi connectivity index (χ2n) is 7.75. The largest absolute Gasteiger partial charge is 0.417 e. The monoisotopic (exact) mass is 452 g/mol. The van der Waals surface area contributed by atoms with E-state index in [0.717, 1.165) is 31.4 Å². The van der Waals surface area contributed by atoms with Crippen LogP contribution in [-0.4, -0.2) is 38.6 Å². The zero-order valence-electron chi connectivity index (χ0n) is 17.6. The van der Waals surface area contributed by atoms with Crippen LogP contribution < -0.4 is 10.2 Å². The lowest BCUT2D eigenvalue weighted by atomic mass is 10.0. The molecule has 0 saturated carbocycles. The first-order valence-corrected chi connectivity index (χ1v) is 10.4. The Morgan fingerprint density at radius 1 is 1.00 bits per heavy atom.